The lowest BCUT2D eigenvalue weighted by molar-refractivity contribution is -0.0469. The predicted molar refractivity (Wildman–Crippen MR) is 59.6 cm³/mol. The third-order valence-electron chi connectivity index (χ3n) is 3.65. The number of benzene rings is 1. The second-order valence-electron chi connectivity index (χ2n) is 4.54. The highest BCUT2D eigenvalue weighted by Gasteiger charge is 2.39. The highest BCUT2D eigenvalue weighted by Crippen LogP contribution is 2.42. The molecule has 2 aliphatic heterocycles. The van der Waals surface area contributed by atoms with Crippen LogP contribution in [-0.4, -0.2) is 13.1 Å². The van der Waals surface area contributed by atoms with Crippen molar-refractivity contribution in [3.63, 3.8) is 0 Å². The molecule has 1 unspecified atom stereocenters. The zero-order valence-electron chi connectivity index (χ0n) is 8.96. The Balaban J connectivity index is 1.99. The number of ether oxygens (including phenoxy) is 1. The minimum Gasteiger partial charge on any atom is -0.366 e. The number of hydrogen-bond donors (Lipinski definition) is 1. The van der Waals surface area contributed by atoms with Crippen molar-refractivity contribution in [3.8, 4) is 0 Å². The second kappa shape index (κ2) is 3.62. The van der Waals surface area contributed by atoms with Crippen LogP contribution in [-0.2, 0) is 16.9 Å². The van der Waals surface area contributed by atoms with Crippen LogP contribution in [0.4, 0.5) is 0 Å². The van der Waals surface area contributed by atoms with Crippen LogP contribution < -0.4 is 5.32 Å². The molecule has 0 amide bonds. The van der Waals surface area contributed by atoms with Gasteiger partial charge in [0, 0.05) is 0 Å². The molecule has 2 heterocycles. The molecule has 1 fully saturated rings. The maximum Gasteiger partial charge on any atom is 0.0951 e. The Bertz CT molecular complexity index is 353. The van der Waals surface area contributed by atoms with Gasteiger partial charge in [0.05, 0.1) is 12.2 Å². The van der Waals surface area contributed by atoms with E-state index in [-0.39, 0.29) is 5.60 Å². The van der Waals surface area contributed by atoms with Gasteiger partial charge in [0.25, 0.3) is 0 Å². The van der Waals surface area contributed by atoms with Crippen LogP contribution in [0.5, 0.6) is 0 Å². The van der Waals surface area contributed by atoms with Crippen LogP contribution in [0.25, 0.3) is 0 Å². The third kappa shape index (κ3) is 1.48. The maximum absolute atomic E-state index is 6.09. The largest absolute Gasteiger partial charge is 0.366 e. The van der Waals surface area contributed by atoms with E-state index in [1.54, 1.807) is 0 Å². The van der Waals surface area contributed by atoms with E-state index in [1.165, 1.54) is 17.5 Å². The van der Waals surface area contributed by atoms with Gasteiger partial charge in [0.1, 0.15) is 0 Å². The summed E-state index contributed by atoms with van der Waals surface area (Å²) in [5.41, 5.74) is 2.85. The SMILES string of the molecule is c1ccc2c(c1)COC21CCCNCC1. The lowest BCUT2D eigenvalue weighted by atomic mass is 9.86. The van der Waals surface area contributed by atoms with Crippen LogP contribution in [0.15, 0.2) is 24.3 Å². The molecular formula is C13H17NO. The predicted octanol–water partition coefficient (Wildman–Crippen LogP) is 2.19. The number of nitrogens with one attached hydrogen (secondary N) is 1. The molecule has 1 atom stereocenters. The van der Waals surface area contributed by atoms with Crippen LogP contribution >= 0.6 is 0 Å². The minimum atomic E-state index is 0.0279. The fourth-order valence-corrected chi connectivity index (χ4v) is 2.84. The molecule has 1 saturated heterocycles. The van der Waals surface area contributed by atoms with Gasteiger partial charge in [-0.25, -0.2) is 0 Å². The summed E-state index contributed by atoms with van der Waals surface area (Å²) in [5, 5.41) is 3.45. The zero-order chi connectivity index (χ0) is 10.1. The fraction of sp³-hybridized carbons (Fsp3) is 0.538. The number of rotatable bonds is 0. The standard InChI is InChI=1S/C13H17NO/c1-2-5-12-11(4-1)10-15-13(12)6-3-8-14-9-7-13/h1-2,4-5,14H,3,6-10H2. The van der Waals surface area contributed by atoms with E-state index in [0.29, 0.717) is 0 Å². The third-order valence-corrected chi connectivity index (χ3v) is 3.65. The Morgan fingerprint density at radius 3 is 3.07 bits per heavy atom. The van der Waals surface area contributed by atoms with E-state index in [2.05, 4.69) is 29.6 Å². The molecule has 0 aliphatic carbocycles. The molecule has 1 aromatic rings. The summed E-state index contributed by atoms with van der Waals surface area (Å²) in [5.74, 6) is 0. The first-order chi connectivity index (χ1) is 7.41. The quantitative estimate of drug-likeness (QED) is 0.698. The van der Waals surface area contributed by atoms with Crippen molar-refractivity contribution in [2.24, 2.45) is 0 Å². The van der Waals surface area contributed by atoms with Crippen molar-refractivity contribution < 1.29 is 4.74 Å². The van der Waals surface area contributed by atoms with Gasteiger partial charge in [-0.2, -0.15) is 0 Å². The Morgan fingerprint density at radius 2 is 2.07 bits per heavy atom. The minimum absolute atomic E-state index is 0.0279. The van der Waals surface area contributed by atoms with Gasteiger partial charge in [0.2, 0.25) is 0 Å². The van der Waals surface area contributed by atoms with E-state index in [1.807, 2.05) is 0 Å². The molecule has 0 radical (unpaired) electrons. The molecule has 1 N–H and O–H groups in total. The summed E-state index contributed by atoms with van der Waals surface area (Å²) >= 11 is 0. The lowest BCUT2D eigenvalue weighted by Crippen LogP contribution is -2.26. The van der Waals surface area contributed by atoms with Gasteiger partial charge in [-0.1, -0.05) is 24.3 Å². The summed E-state index contributed by atoms with van der Waals surface area (Å²) in [7, 11) is 0. The normalized spacial score (nSPS) is 30.1. The smallest absolute Gasteiger partial charge is 0.0951 e. The van der Waals surface area contributed by atoms with Crippen LogP contribution in [0.2, 0.25) is 0 Å². The highest BCUT2D eigenvalue weighted by atomic mass is 16.5. The van der Waals surface area contributed by atoms with Gasteiger partial charge >= 0.3 is 0 Å². The van der Waals surface area contributed by atoms with Crippen molar-refractivity contribution in [1.82, 2.24) is 5.32 Å². The molecular weight excluding hydrogens is 186 g/mol. The molecule has 2 nitrogen and oxygen atoms in total. The first-order valence-corrected chi connectivity index (χ1v) is 5.84. The molecule has 15 heavy (non-hydrogen) atoms. The van der Waals surface area contributed by atoms with E-state index in [9.17, 15) is 0 Å². The van der Waals surface area contributed by atoms with Crippen molar-refractivity contribution >= 4 is 0 Å². The summed E-state index contributed by atoms with van der Waals surface area (Å²) in [6.45, 7) is 3.01. The van der Waals surface area contributed by atoms with Gasteiger partial charge in [-0.3, -0.25) is 0 Å². The van der Waals surface area contributed by atoms with E-state index >= 15 is 0 Å². The molecule has 0 aromatic heterocycles. The Kier molecular flexibility index (Phi) is 2.26. The van der Waals surface area contributed by atoms with Gasteiger partial charge in [-0.05, 0) is 43.5 Å². The lowest BCUT2D eigenvalue weighted by Gasteiger charge is -2.27. The molecule has 2 aliphatic rings. The van der Waals surface area contributed by atoms with Crippen molar-refractivity contribution in [2.75, 3.05) is 13.1 Å². The topological polar surface area (TPSA) is 21.3 Å². The molecule has 1 spiro atoms. The summed E-state index contributed by atoms with van der Waals surface area (Å²) in [6.07, 6.45) is 3.50. The highest BCUT2D eigenvalue weighted by molar-refractivity contribution is 5.35. The summed E-state index contributed by atoms with van der Waals surface area (Å²) in [4.78, 5) is 0. The van der Waals surface area contributed by atoms with Crippen molar-refractivity contribution in [1.29, 1.82) is 0 Å². The molecule has 1 aromatic carbocycles. The van der Waals surface area contributed by atoms with Crippen LogP contribution in [0.3, 0.4) is 0 Å². The van der Waals surface area contributed by atoms with E-state index in [4.69, 9.17) is 4.74 Å². The van der Waals surface area contributed by atoms with E-state index < -0.39 is 0 Å². The molecule has 2 heteroatoms. The molecule has 3 rings (SSSR count). The summed E-state index contributed by atoms with van der Waals surface area (Å²) in [6, 6.07) is 8.68. The first kappa shape index (κ1) is 9.37. The van der Waals surface area contributed by atoms with Gasteiger partial charge in [-0.15, -0.1) is 0 Å². The van der Waals surface area contributed by atoms with Crippen LogP contribution in [0.1, 0.15) is 30.4 Å². The van der Waals surface area contributed by atoms with E-state index in [0.717, 1.165) is 32.5 Å². The zero-order valence-corrected chi connectivity index (χ0v) is 8.96. The Morgan fingerprint density at radius 1 is 1.13 bits per heavy atom. The van der Waals surface area contributed by atoms with Gasteiger partial charge in [0.15, 0.2) is 0 Å². The Hall–Kier alpha value is -0.860. The average Bonchev–Trinajstić information content (AvgIpc) is 2.48. The van der Waals surface area contributed by atoms with Gasteiger partial charge < -0.3 is 10.1 Å². The summed E-state index contributed by atoms with van der Waals surface area (Å²) < 4.78 is 6.09. The maximum atomic E-state index is 6.09. The molecule has 0 saturated carbocycles. The molecule has 80 valence electrons. The average molecular weight is 203 g/mol. The van der Waals surface area contributed by atoms with Crippen molar-refractivity contribution in [3.05, 3.63) is 35.4 Å². The second-order valence-corrected chi connectivity index (χ2v) is 4.54. The number of fused-ring (bicyclic) bond motifs is 2. The van der Waals surface area contributed by atoms with Crippen molar-refractivity contribution in [2.45, 2.75) is 31.5 Å². The Labute approximate surface area is 90.6 Å². The molecule has 0 bridgehead atoms. The number of hydrogen-bond acceptors (Lipinski definition) is 2. The first-order valence-electron chi connectivity index (χ1n) is 5.84. The van der Waals surface area contributed by atoms with Crippen LogP contribution in [0, 0.1) is 0 Å². The monoisotopic (exact) mass is 203 g/mol. The fourth-order valence-electron chi connectivity index (χ4n) is 2.84.